The lowest BCUT2D eigenvalue weighted by atomic mass is 10.3. The Kier molecular flexibility index (Phi) is 2.79. The van der Waals surface area contributed by atoms with E-state index in [2.05, 4.69) is 9.99 Å². The van der Waals surface area contributed by atoms with Gasteiger partial charge in [-0.3, -0.25) is 4.84 Å². The Bertz CT molecular complexity index is 310. The quantitative estimate of drug-likeness (QED) is 0.272. The molecule has 1 rings (SSSR count). The molecule has 0 aliphatic carbocycles. The summed E-state index contributed by atoms with van der Waals surface area (Å²) >= 11 is 0. The van der Waals surface area contributed by atoms with E-state index < -0.39 is 0 Å². The molecular formula is C8H8N3O+. The Morgan fingerprint density at radius 1 is 1.58 bits per heavy atom. The van der Waals surface area contributed by atoms with E-state index in [0.717, 1.165) is 5.56 Å². The molecule has 12 heavy (non-hydrogen) atoms. The average Bonchev–Trinajstić information content (AvgIpc) is 2.09. The van der Waals surface area contributed by atoms with Crippen molar-refractivity contribution in [3.63, 3.8) is 0 Å². The lowest BCUT2D eigenvalue weighted by molar-refractivity contribution is -0.671. The van der Waals surface area contributed by atoms with E-state index in [1.54, 1.807) is 0 Å². The molecule has 0 amide bonds. The molecule has 1 heterocycles. The molecule has 0 fully saturated rings. The number of aromatic nitrogens is 1. The molecule has 1 aromatic heterocycles. The van der Waals surface area contributed by atoms with Gasteiger partial charge in [0, 0.05) is 17.7 Å². The van der Waals surface area contributed by atoms with Crippen molar-refractivity contribution in [3.8, 4) is 6.26 Å². The fourth-order valence-corrected chi connectivity index (χ4v) is 0.709. The molecule has 0 aliphatic rings. The Morgan fingerprint density at radius 3 is 2.83 bits per heavy atom. The SMILES string of the molecule is C[n+]1ccc(/C=N/OC#N)cc1. The van der Waals surface area contributed by atoms with Gasteiger partial charge in [-0.1, -0.05) is 5.16 Å². The lowest BCUT2D eigenvalue weighted by Gasteiger charge is -1.87. The summed E-state index contributed by atoms with van der Waals surface area (Å²) in [5.41, 5.74) is 0.892. The van der Waals surface area contributed by atoms with Gasteiger partial charge in [0.2, 0.25) is 0 Å². The predicted octanol–water partition coefficient (Wildman–Crippen LogP) is 0.343. The maximum Gasteiger partial charge on any atom is 0.316 e. The number of rotatable bonds is 2. The van der Waals surface area contributed by atoms with E-state index >= 15 is 0 Å². The minimum Gasteiger partial charge on any atom is -0.276 e. The van der Waals surface area contributed by atoms with Crippen LogP contribution in [0, 0.1) is 11.5 Å². The molecule has 0 saturated heterocycles. The van der Waals surface area contributed by atoms with Gasteiger partial charge in [-0.05, 0) is 0 Å². The topological polar surface area (TPSA) is 49.3 Å². The number of aryl methyl sites for hydroxylation is 1. The van der Waals surface area contributed by atoms with Gasteiger partial charge in [0.05, 0.1) is 6.21 Å². The summed E-state index contributed by atoms with van der Waals surface area (Å²) < 4.78 is 1.91. The predicted molar refractivity (Wildman–Crippen MR) is 41.9 cm³/mol. The van der Waals surface area contributed by atoms with Gasteiger partial charge in [-0.2, -0.15) is 0 Å². The second kappa shape index (κ2) is 4.09. The molecule has 0 aromatic carbocycles. The summed E-state index contributed by atoms with van der Waals surface area (Å²) in [7, 11) is 1.92. The van der Waals surface area contributed by atoms with Crippen LogP contribution in [0.1, 0.15) is 5.56 Å². The maximum atomic E-state index is 8.00. The van der Waals surface area contributed by atoms with Crippen molar-refractivity contribution in [3.05, 3.63) is 30.1 Å². The van der Waals surface area contributed by atoms with Gasteiger partial charge < -0.3 is 0 Å². The fraction of sp³-hybridized carbons (Fsp3) is 0.125. The zero-order valence-corrected chi connectivity index (χ0v) is 6.64. The zero-order chi connectivity index (χ0) is 8.81. The number of nitrogens with zero attached hydrogens (tertiary/aromatic N) is 3. The largest absolute Gasteiger partial charge is 0.316 e. The number of hydrogen-bond acceptors (Lipinski definition) is 3. The number of hydrogen-bond donors (Lipinski definition) is 0. The van der Waals surface area contributed by atoms with Crippen molar-refractivity contribution < 1.29 is 9.40 Å². The van der Waals surface area contributed by atoms with E-state index in [9.17, 15) is 0 Å². The molecule has 0 bridgehead atoms. The third-order valence-corrected chi connectivity index (χ3v) is 1.30. The van der Waals surface area contributed by atoms with Crippen LogP contribution in [0.2, 0.25) is 0 Å². The van der Waals surface area contributed by atoms with Gasteiger partial charge in [0.1, 0.15) is 7.05 Å². The van der Waals surface area contributed by atoms with Crippen LogP contribution >= 0.6 is 0 Å². The first-order chi connectivity index (χ1) is 5.83. The molecule has 0 atom stereocenters. The van der Waals surface area contributed by atoms with E-state index in [1.807, 2.05) is 36.1 Å². The lowest BCUT2D eigenvalue weighted by Crippen LogP contribution is -2.25. The number of nitriles is 1. The van der Waals surface area contributed by atoms with E-state index in [4.69, 9.17) is 5.26 Å². The van der Waals surface area contributed by atoms with Gasteiger partial charge >= 0.3 is 6.26 Å². The Morgan fingerprint density at radius 2 is 2.25 bits per heavy atom. The number of pyridine rings is 1. The summed E-state index contributed by atoms with van der Waals surface area (Å²) in [6.07, 6.45) is 6.69. The number of oxime groups is 1. The summed E-state index contributed by atoms with van der Waals surface area (Å²) in [4.78, 5) is 4.14. The first kappa shape index (κ1) is 8.21. The highest BCUT2D eigenvalue weighted by molar-refractivity contribution is 5.78. The second-order valence-electron chi connectivity index (χ2n) is 2.21. The minimum atomic E-state index is 0.892. The first-order valence-corrected chi connectivity index (χ1v) is 3.36. The Labute approximate surface area is 70.3 Å². The molecule has 0 radical (unpaired) electrons. The fourth-order valence-electron chi connectivity index (χ4n) is 0.709. The standard InChI is InChI=1S/C8H8N3O/c1-11-4-2-8(3-5-11)6-10-12-7-9/h2-6H,1H3/q+1/b10-6+. The summed E-state index contributed by atoms with van der Waals surface area (Å²) in [5, 5.41) is 11.4. The molecular weight excluding hydrogens is 154 g/mol. The Balaban J connectivity index is 2.66. The molecule has 1 aromatic rings. The maximum absolute atomic E-state index is 8.00. The van der Waals surface area contributed by atoms with Crippen LogP contribution in [-0.4, -0.2) is 6.21 Å². The average molecular weight is 162 g/mol. The van der Waals surface area contributed by atoms with Crippen LogP contribution < -0.4 is 4.57 Å². The minimum absolute atomic E-state index is 0.892. The van der Waals surface area contributed by atoms with Crippen LogP contribution in [0.3, 0.4) is 0 Å². The highest BCUT2D eigenvalue weighted by atomic mass is 16.6. The van der Waals surface area contributed by atoms with Crippen molar-refractivity contribution in [2.24, 2.45) is 12.2 Å². The monoisotopic (exact) mass is 162 g/mol. The van der Waals surface area contributed by atoms with E-state index in [0.29, 0.717) is 0 Å². The summed E-state index contributed by atoms with van der Waals surface area (Å²) in [6.45, 7) is 0. The van der Waals surface area contributed by atoms with Gasteiger partial charge in [0.25, 0.3) is 0 Å². The normalized spacial score (nSPS) is 9.67. The van der Waals surface area contributed by atoms with Crippen molar-refractivity contribution in [1.29, 1.82) is 5.26 Å². The third-order valence-electron chi connectivity index (χ3n) is 1.30. The van der Waals surface area contributed by atoms with Gasteiger partial charge in [-0.25, -0.2) is 4.57 Å². The van der Waals surface area contributed by atoms with Crippen LogP contribution in [0.25, 0.3) is 0 Å². The van der Waals surface area contributed by atoms with Crippen LogP contribution in [0.15, 0.2) is 29.7 Å². The molecule has 4 nitrogen and oxygen atoms in total. The van der Waals surface area contributed by atoms with E-state index in [1.165, 1.54) is 12.5 Å². The van der Waals surface area contributed by atoms with Crippen molar-refractivity contribution in [1.82, 2.24) is 0 Å². The second-order valence-corrected chi connectivity index (χ2v) is 2.21. The summed E-state index contributed by atoms with van der Waals surface area (Å²) in [5.74, 6) is 0. The zero-order valence-electron chi connectivity index (χ0n) is 6.64. The van der Waals surface area contributed by atoms with Crippen molar-refractivity contribution >= 4 is 6.21 Å². The smallest absolute Gasteiger partial charge is 0.276 e. The highest BCUT2D eigenvalue weighted by Gasteiger charge is 1.91. The Hall–Kier alpha value is -1.89. The molecule has 0 saturated carbocycles. The van der Waals surface area contributed by atoms with Gasteiger partial charge in [-0.15, -0.1) is 5.26 Å². The molecule has 0 spiro atoms. The molecule has 60 valence electrons. The third kappa shape index (κ3) is 2.39. The van der Waals surface area contributed by atoms with Crippen LogP contribution in [-0.2, 0) is 11.9 Å². The van der Waals surface area contributed by atoms with Crippen molar-refractivity contribution in [2.75, 3.05) is 0 Å². The highest BCUT2D eigenvalue weighted by Crippen LogP contribution is 1.89. The molecule has 0 N–H and O–H groups in total. The van der Waals surface area contributed by atoms with Crippen LogP contribution in [0.4, 0.5) is 0 Å². The molecule has 0 unspecified atom stereocenters. The molecule has 0 aliphatic heterocycles. The van der Waals surface area contributed by atoms with Crippen LogP contribution in [0.5, 0.6) is 0 Å². The van der Waals surface area contributed by atoms with Crippen molar-refractivity contribution in [2.45, 2.75) is 0 Å². The summed E-state index contributed by atoms with van der Waals surface area (Å²) in [6, 6.07) is 3.73. The first-order valence-electron chi connectivity index (χ1n) is 3.36. The van der Waals surface area contributed by atoms with E-state index in [-0.39, 0.29) is 0 Å². The molecule has 4 heteroatoms. The van der Waals surface area contributed by atoms with Gasteiger partial charge in [0.15, 0.2) is 12.4 Å².